The molecule has 0 spiro atoms. The van der Waals surface area contributed by atoms with Crippen LogP contribution in [-0.4, -0.2) is 57.0 Å². The van der Waals surface area contributed by atoms with Gasteiger partial charge < -0.3 is 20.4 Å². The van der Waals surface area contributed by atoms with Crippen molar-refractivity contribution < 1.29 is 4.79 Å². The highest BCUT2D eigenvalue weighted by Gasteiger charge is 2.32. The summed E-state index contributed by atoms with van der Waals surface area (Å²) in [7, 11) is 6.10. The Kier molecular flexibility index (Phi) is 8.34. The number of nitrogens with one attached hydrogen (secondary N) is 2. The number of carbonyl (C=O) groups excluding carboxylic acids is 1. The fourth-order valence-electron chi connectivity index (χ4n) is 3.57. The zero-order valence-corrected chi connectivity index (χ0v) is 18.9. The van der Waals surface area contributed by atoms with Crippen molar-refractivity contribution in [3.8, 4) is 0 Å². The minimum Gasteiger partial charge on any atom is -0.355 e. The normalized spacial score (nSPS) is 18.4. The maximum atomic E-state index is 11.8. The van der Waals surface area contributed by atoms with Crippen LogP contribution in [0.3, 0.4) is 0 Å². The van der Waals surface area contributed by atoms with Gasteiger partial charge in [0.15, 0.2) is 5.96 Å². The number of carbonyl (C=O) groups is 1. The molecular formula is C20H32IN5O. The Morgan fingerprint density at radius 2 is 1.96 bits per heavy atom. The van der Waals surface area contributed by atoms with E-state index in [0.717, 1.165) is 37.1 Å². The summed E-state index contributed by atoms with van der Waals surface area (Å²) in [6.07, 6.45) is 4.30. The van der Waals surface area contributed by atoms with Gasteiger partial charge in [-0.1, -0.05) is 12.1 Å². The zero-order valence-electron chi connectivity index (χ0n) is 16.6. The molecule has 2 aliphatic rings. The van der Waals surface area contributed by atoms with Crippen LogP contribution in [0.4, 0.5) is 5.69 Å². The van der Waals surface area contributed by atoms with E-state index in [2.05, 4.69) is 46.8 Å². The number of aliphatic imine (C=N–C) groups is 1. The Balaban J connectivity index is 0.00000261. The highest BCUT2D eigenvalue weighted by molar-refractivity contribution is 14.0. The maximum Gasteiger partial charge on any atom is 0.227 e. The molecule has 0 bridgehead atoms. The fourth-order valence-corrected chi connectivity index (χ4v) is 3.57. The van der Waals surface area contributed by atoms with Gasteiger partial charge in [-0.25, -0.2) is 0 Å². The molecule has 1 amide bonds. The molecule has 1 aromatic carbocycles. The minimum atomic E-state index is 0. The van der Waals surface area contributed by atoms with Crippen LogP contribution in [-0.2, 0) is 11.3 Å². The first kappa shape index (κ1) is 21.9. The molecule has 1 saturated carbocycles. The van der Waals surface area contributed by atoms with Crippen LogP contribution in [0.25, 0.3) is 0 Å². The van der Waals surface area contributed by atoms with Gasteiger partial charge in [-0.2, -0.15) is 0 Å². The largest absolute Gasteiger partial charge is 0.355 e. The second kappa shape index (κ2) is 10.3. The van der Waals surface area contributed by atoms with Crippen LogP contribution < -0.4 is 15.5 Å². The van der Waals surface area contributed by atoms with E-state index in [0.29, 0.717) is 19.0 Å². The molecule has 1 unspecified atom stereocenters. The van der Waals surface area contributed by atoms with Crippen molar-refractivity contribution >= 4 is 41.5 Å². The lowest BCUT2D eigenvalue weighted by Gasteiger charge is -2.25. The van der Waals surface area contributed by atoms with Crippen molar-refractivity contribution in [2.75, 3.05) is 39.1 Å². The minimum absolute atomic E-state index is 0. The molecule has 0 aromatic heterocycles. The van der Waals surface area contributed by atoms with E-state index in [4.69, 9.17) is 0 Å². The molecule has 1 saturated heterocycles. The molecule has 27 heavy (non-hydrogen) atoms. The maximum absolute atomic E-state index is 11.8. The topological polar surface area (TPSA) is 60.0 Å². The smallest absolute Gasteiger partial charge is 0.227 e. The summed E-state index contributed by atoms with van der Waals surface area (Å²) in [5.74, 6) is 1.87. The molecule has 1 atom stereocenters. The van der Waals surface area contributed by atoms with Gasteiger partial charge >= 0.3 is 0 Å². The van der Waals surface area contributed by atoms with Gasteiger partial charge in [0, 0.05) is 44.8 Å². The van der Waals surface area contributed by atoms with Crippen LogP contribution in [0.5, 0.6) is 0 Å². The van der Waals surface area contributed by atoms with Crippen LogP contribution in [0.1, 0.15) is 31.2 Å². The second-order valence-corrected chi connectivity index (χ2v) is 7.49. The third-order valence-corrected chi connectivity index (χ3v) is 5.31. The standard InChI is InChI=1S/C20H31N5O.HI/c1-21-20(23-14-18(24(2)3)16-8-9-16)22-13-15-6-10-17(11-7-15)25-12-4-5-19(25)26;/h6-7,10-11,16,18H,4-5,8-9,12-14H2,1-3H3,(H2,21,22,23);1H. The van der Waals surface area contributed by atoms with Gasteiger partial charge in [-0.05, 0) is 57.0 Å². The molecule has 1 aliphatic heterocycles. The lowest BCUT2D eigenvalue weighted by molar-refractivity contribution is -0.117. The number of likely N-dealkylation sites (N-methyl/N-ethyl adjacent to an activating group) is 1. The monoisotopic (exact) mass is 485 g/mol. The van der Waals surface area contributed by atoms with Crippen molar-refractivity contribution in [2.24, 2.45) is 10.9 Å². The summed E-state index contributed by atoms with van der Waals surface area (Å²) in [4.78, 5) is 20.3. The SMILES string of the molecule is CN=C(NCc1ccc(N2CCCC2=O)cc1)NCC(C1CC1)N(C)C.I. The number of rotatable bonds is 7. The van der Waals surface area contributed by atoms with E-state index in [1.807, 2.05) is 17.0 Å². The van der Waals surface area contributed by atoms with Crippen molar-refractivity contribution in [1.29, 1.82) is 0 Å². The van der Waals surface area contributed by atoms with E-state index < -0.39 is 0 Å². The molecule has 2 fully saturated rings. The molecule has 1 aliphatic carbocycles. The van der Waals surface area contributed by atoms with E-state index in [9.17, 15) is 4.79 Å². The Hall–Kier alpha value is -1.35. The van der Waals surface area contributed by atoms with Gasteiger partial charge in [0.2, 0.25) is 5.91 Å². The lowest BCUT2D eigenvalue weighted by atomic mass is 10.1. The van der Waals surface area contributed by atoms with Crippen molar-refractivity contribution in [3.63, 3.8) is 0 Å². The van der Waals surface area contributed by atoms with Crippen LogP contribution in [0, 0.1) is 5.92 Å². The van der Waals surface area contributed by atoms with Gasteiger partial charge in [0.05, 0.1) is 0 Å². The highest BCUT2D eigenvalue weighted by Crippen LogP contribution is 2.34. The molecule has 150 valence electrons. The highest BCUT2D eigenvalue weighted by atomic mass is 127. The first-order valence-electron chi connectivity index (χ1n) is 9.58. The summed E-state index contributed by atoms with van der Waals surface area (Å²) in [5.41, 5.74) is 2.17. The van der Waals surface area contributed by atoms with Crippen LogP contribution in [0.15, 0.2) is 29.3 Å². The van der Waals surface area contributed by atoms with Gasteiger partial charge in [0.1, 0.15) is 0 Å². The Labute approximate surface area is 179 Å². The number of halogens is 1. The Bertz CT molecular complexity index is 640. The Morgan fingerprint density at radius 3 is 2.48 bits per heavy atom. The molecule has 0 radical (unpaired) electrons. The summed E-state index contributed by atoms with van der Waals surface area (Å²) < 4.78 is 0. The lowest BCUT2D eigenvalue weighted by Crippen LogP contribution is -2.45. The number of anilines is 1. The molecule has 6 nitrogen and oxygen atoms in total. The van der Waals surface area contributed by atoms with E-state index in [-0.39, 0.29) is 29.9 Å². The molecule has 1 aromatic rings. The van der Waals surface area contributed by atoms with E-state index in [1.54, 1.807) is 7.05 Å². The first-order valence-corrected chi connectivity index (χ1v) is 9.58. The van der Waals surface area contributed by atoms with Crippen molar-refractivity contribution in [1.82, 2.24) is 15.5 Å². The van der Waals surface area contributed by atoms with Crippen LogP contribution in [0.2, 0.25) is 0 Å². The summed E-state index contributed by atoms with van der Waals surface area (Å²) in [5, 5.41) is 6.83. The average Bonchev–Trinajstić information content (AvgIpc) is 3.38. The predicted molar refractivity (Wildman–Crippen MR) is 122 cm³/mol. The fraction of sp³-hybridized carbons (Fsp3) is 0.600. The molecule has 2 N–H and O–H groups in total. The zero-order chi connectivity index (χ0) is 18.5. The molecule has 1 heterocycles. The quantitative estimate of drug-likeness (QED) is 0.354. The van der Waals surface area contributed by atoms with Crippen molar-refractivity contribution in [3.05, 3.63) is 29.8 Å². The Morgan fingerprint density at radius 1 is 1.26 bits per heavy atom. The summed E-state index contributed by atoms with van der Waals surface area (Å²) in [6, 6.07) is 8.78. The molecular weight excluding hydrogens is 453 g/mol. The van der Waals surface area contributed by atoms with Crippen LogP contribution >= 0.6 is 24.0 Å². The molecule has 7 heteroatoms. The second-order valence-electron chi connectivity index (χ2n) is 7.49. The number of hydrogen-bond donors (Lipinski definition) is 2. The van der Waals surface area contributed by atoms with Gasteiger partial charge in [-0.3, -0.25) is 9.79 Å². The van der Waals surface area contributed by atoms with Gasteiger partial charge in [-0.15, -0.1) is 24.0 Å². The molecule has 3 rings (SSSR count). The average molecular weight is 485 g/mol. The first-order chi connectivity index (χ1) is 12.6. The summed E-state index contributed by atoms with van der Waals surface area (Å²) in [6.45, 7) is 2.46. The van der Waals surface area contributed by atoms with Gasteiger partial charge in [0.25, 0.3) is 0 Å². The number of guanidine groups is 1. The number of hydrogen-bond acceptors (Lipinski definition) is 3. The third-order valence-electron chi connectivity index (χ3n) is 5.31. The number of amides is 1. The third kappa shape index (κ3) is 6.07. The summed E-state index contributed by atoms with van der Waals surface area (Å²) >= 11 is 0. The predicted octanol–water partition coefficient (Wildman–Crippen LogP) is 2.44. The van der Waals surface area contributed by atoms with E-state index in [1.165, 1.54) is 18.4 Å². The number of benzene rings is 1. The van der Waals surface area contributed by atoms with Crippen molar-refractivity contribution in [2.45, 2.75) is 38.3 Å². The number of nitrogens with zero attached hydrogens (tertiary/aromatic N) is 3. The van der Waals surface area contributed by atoms with E-state index >= 15 is 0 Å².